The van der Waals surface area contributed by atoms with E-state index in [0.717, 1.165) is 20.6 Å². The number of benzene rings is 2. The lowest BCUT2D eigenvalue weighted by atomic mass is 10.2. The molecule has 7 heteroatoms. The minimum absolute atomic E-state index is 0.0939. The Morgan fingerprint density at radius 1 is 1.12 bits per heavy atom. The van der Waals surface area contributed by atoms with Crippen LogP contribution in [0.4, 0.5) is 5.69 Å². The average Bonchev–Trinajstić information content (AvgIpc) is 2.57. The minimum Gasteiger partial charge on any atom is -0.321 e. The Kier molecular flexibility index (Phi) is 6.04. The van der Waals surface area contributed by atoms with Crippen LogP contribution in [0, 0.1) is 0 Å². The monoisotopic (exact) mass is 364 g/mol. The van der Waals surface area contributed by atoms with Crippen molar-refractivity contribution in [2.24, 2.45) is 0 Å². The van der Waals surface area contributed by atoms with Gasteiger partial charge in [0.25, 0.3) is 5.91 Å². The van der Waals surface area contributed by atoms with E-state index in [-0.39, 0.29) is 10.8 Å². The van der Waals surface area contributed by atoms with Crippen LogP contribution in [0.5, 0.6) is 0 Å². The average molecular weight is 364 g/mol. The third-order valence-electron chi connectivity index (χ3n) is 3.31. The first kappa shape index (κ1) is 18.5. The molecule has 0 aliphatic rings. The molecule has 5 nitrogen and oxygen atoms in total. The molecule has 0 saturated carbocycles. The van der Waals surface area contributed by atoms with Crippen molar-refractivity contribution >= 4 is 33.4 Å². The lowest BCUT2D eigenvalue weighted by Gasteiger charge is -2.13. The van der Waals surface area contributed by atoms with Gasteiger partial charge in [0.2, 0.25) is 10.0 Å². The van der Waals surface area contributed by atoms with Gasteiger partial charge in [-0.1, -0.05) is 25.1 Å². The molecule has 1 amide bonds. The van der Waals surface area contributed by atoms with Crippen molar-refractivity contribution in [2.45, 2.75) is 16.7 Å². The number of nitrogens with one attached hydrogen (secondary N) is 1. The van der Waals surface area contributed by atoms with E-state index in [0.29, 0.717) is 5.56 Å². The largest absolute Gasteiger partial charge is 0.321 e. The highest BCUT2D eigenvalue weighted by molar-refractivity contribution is 7.99. The molecule has 2 aromatic rings. The highest BCUT2D eigenvalue weighted by Crippen LogP contribution is 2.27. The van der Waals surface area contributed by atoms with Gasteiger partial charge in [-0.3, -0.25) is 4.79 Å². The molecule has 0 radical (unpaired) electrons. The van der Waals surface area contributed by atoms with Crippen molar-refractivity contribution in [3.05, 3.63) is 54.1 Å². The Bertz CT molecular complexity index is 833. The molecule has 24 heavy (non-hydrogen) atoms. The molecule has 0 spiro atoms. The number of hydrogen-bond donors (Lipinski definition) is 1. The molecule has 0 bridgehead atoms. The van der Waals surface area contributed by atoms with Gasteiger partial charge in [0.05, 0.1) is 10.6 Å². The van der Waals surface area contributed by atoms with Crippen LogP contribution >= 0.6 is 11.8 Å². The fraction of sp³-hybridized carbons (Fsp3) is 0.235. The number of thioether (sulfide) groups is 1. The van der Waals surface area contributed by atoms with Crippen molar-refractivity contribution in [1.82, 2.24) is 4.31 Å². The first-order chi connectivity index (χ1) is 11.4. The predicted octanol–water partition coefficient (Wildman–Crippen LogP) is 3.30. The van der Waals surface area contributed by atoms with E-state index in [9.17, 15) is 13.2 Å². The van der Waals surface area contributed by atoms with Crippen molar-refractivity contribution in [2.75, 3.05) is 25.2 Å². The number of amides is 1. The van der Waals surface area contributed by atoms with Crippen LogP contribution in [0.3, 0.4) is 0 Å². The number of nitrogens with zero attached hydrogens (tertiary/aromatic N) is 1. The van der Waals surface area contributed by atoms with Crippen molar-refractivity contribution in [1.29, 1.82) is 0 Å². The molecule has 0 fully saturated rings. The fourth-order valence-corrected chi connectivity index (χ4v) is 3.76. The Morgan fingerprint density at radius 2 is 1.83 bits per heavy atom. The van der Waals surface area contributed by atoms with Crippen LogP contribution < -0.4 is 5.32 Å². The molecule has 0 atom stereocenters. The molecule has 0 heterocycles. The molecule has 2 aromatic carbocycles. The van der Waals surface area contributed by atoms with Gasteiger partial charge in [0, 0.05) is 24.6 Å². The Balaban J connectivity index is 2.29. The fourth-order valence-electron chi connectivity index (χ4n) is 2.05. The summed E-state index contributed by atoms with van der Waals surface area (Å²) in [5.74, 6) is 0.554. The van der Waals surface area contributed by atoms with E-state index in [1.165, 1.54) is 26.2 Å². The van der Waals surface area contributed by atoms with Gasteiger partial charge < -0.3 is 5.32 Å². The lowest BCUT2D eigenvalue weighted by Crippen LogP contribution is -2.22. The Hall–Kier alpha value is -1.83. The number of rotatable bonds is 6. The molecule has 0 aromatic heterocycles. The number of para-hydroxylation sites is 1. The maximum atomic E-state index is 12.5. The molecule has 0 aliphatic heterocycles. The van der Waals surface area contributed by atoms with E-state index < -0.39 is 10.0 Å². The molecular formula is C17H20N2O3S2. The summed E-state index contributed by atoms with van der Waals surface area (Å²) < 4.78 is 25.5. The number of carbonyl (C=O) groups excluding carboxylic acids is 1. The first-order valence-corrected chi connectivity index (χ1v) is 9.84. The van der Waals surface area contributed by atoms with Crippen LogP contribution in [-0.4, -0.2) is 38.5 Å². The topological polar surface area (TPSA) is 66.5 Å². The van der Waals surface area contributed by atoms with Crippen LogP contribution in [0.2, 0.25) is 0 Å². The second-order valence-electron chi connectivity index (χ2n) is 5.20. The number of carbonyl (C=O) groups is 1. The van der Waals surface area contributed by atoms with E-state index >= 15 is 0 Å². The van der Waals surface area contributed by atoms with Gasteiger partial charge in [-0.2, -0.15) is 0 Å². The third kappa shape index (κ3) is 4.17. The smallest absolute Gasteiger partial charge is 0.255 e. The SMILES string of the molecule is CCSc1ccccc1NC(=O)c1cccc(S(=O)(=O)N(C)C)c1. The summed E-state index contributed by atoms with van der Waals surface area (Å²) in [4.78, 5) is 13.6. The summed E-state index contributed by atoms with van der Waals surface area (Å²) in [6, 6.07) is 13.6. The van der Waals surface area contributed by atoms with E-state index in [4.69, 9.17) is 0 Å². The zero-order valence-corrected chi connectivity index (χ0v) is 15.4. The molecule has 0 unspecified atom stereocenters. The van der Waals surface area contributed by atoms with Gasteiger partial charge in [-0.15, -0.1) is 11.8 Å². The highest BCUT2D eigenvalue weighted by Gasteiger charge is 2.19. The van der Waals surface area contributed by atoms with Crippen molar-refractivity contribution in [3.63, 3.8) is 0 Å². The number of anilines is 1. The van der Waals surface area contributed by atoms with E-state index in [1.807, 2.05) is 31.2 Å². The second-order valence-corrected chi connectivity index (χ2v) is 8.66. The van der Waals surface area contributed by atoms with Gasteiger partial charge in [-0.05, 0) is 36.1 Å². The van der Waals surface area contributed by atoms with Crippen molar-refractivity contribution in [3.8, 4) is 0 Å². The number of sulfonamides is 1. The highest BCUT2D eigenvalue weighted by atomic mass is 32.2. The van der Waals surface area contributed by atoms with E-state index in [1.54, 1.807) is 23.9 Å². The molecule has 2 rings (SSSR count). The Morgan fingerprint density at radius 3 is 2.50 bits per heavy atom. The van der Waals surface area contributed by atoms with Gasteiger partial charge in [-0.25, -0.2) is 12.7 Å². The summed E-state index contributed by atoms with van der Waals surface area (Å²) in [5.41, 5.74) is 1.02. The molecule has 0 aliphatic carbocycles. The van der Waals surface area contributed by atoms with Crippen LogP contribution in [0.1, 0.15) is 17.3 Å². The zero-order valence-electron chi connectivity index (χ0n) is 13.8. The number of hydrogen-bond acceptors (Lipinski definition) is 4. The maximum Gasteiger partial charge on any atom is 0.255 e. The summed E-state index contributed by atoms with van der Waals surface area (Å²) in [7, 11) is -0.656. The molecule has 128 valence electrons. The maximum absolute atomic E-state index is 12.5. The normalized spacial score (nSPS) is 11.5. The minimum atomic E-state index is -3.57. The summed E-state index contributed by atoms with van der Waals surface area (Å²) in [5, 5.41) is 2.85. The molecule has 1 N–H and O–H groups in total. The first-order valence-electron chi connectivity index (χ1n) is 7.42. The van der Waals surface area contributed by atoms with Crippen LogP contribution in [-0.2, 0) is 10.0 Å². The summed E-state index contributed by atoms with van der Waals surface area (Å²) in [6.45, 7) is 2.04. The van der Waals surface area contributed by atoms with Gasteiger partial charge >= 0.3 is 0 Å². The third-order valence-corrected chi connectivity index (χ3v) is 6.08. The van der Waals surface area contributed by atoms with Crippen LogP contribution in [0.15, 0.2) is 58.3 Å². The summed E-state index contributed by atoms with van der Waals surface area (Å²) in [6.07, 6.45) is 0. The van der Waals surface area contributed by atoms with Gasteiger partial charge in [0.15, 0.2) is 0 Å². The second kappa shape index (κ2) is 7.83. The quantitative estimate of drug-likeness (QED) is 0.799. The lowest BCUT2D eigenvalue weighted by molar-refractivity contribution is 0.102. The standard InChI is InChI=1S/C17H20N2O3S2/c1-4-23-16-11-6-5-10-15(16)18-17(20)13-8-7-9-14(12-13)24(21,22)19(2)3/h5-12H,4H2,1-3H3,(H,18,20). The van der Waals surface area contributed by atoms with Crippen molar-refractivity contribution < 1.29 is 13.2 Å². The summed E-state index contributed by atoms with van der Waals surface area (Å²) >= 11 is 1.63. The zero-order chi connectivity index (χ0) is 17.7. The van der Waals surface area contributed by atoms with Crippen LogP contribution in [0.25, 0.3) is 0 Å². The van der Waals surface area contributed by atoms with E-state index in [2.05, 4.69) is 5.32 Å². The van der Waals surface area contributed by atoms with Gasteiger partial charge in [0.1, 0.15) is 0 Å². The Labute approximate surface area is 147 Å². The predicted molar refractivity (Wildman–Crippen MR) is 98.1 cm³/mol. The molecular weight excluding hydrogens is 344 g/mol. The molecule has 0 saturated heterocycles.